The Balaban J connectivity index is 1.67. The number of carbonyl (C=O) groups is 1. The van der Waals surface area contributed by atoms with Crippen LogP contribution in [0.15, 0.2) is 12.3 Å². The Labute approximate surface area is 113 Å². The van der Waals surface area contributed by atoms with Gasteiger partial charge in [0.2, 0.25) is 0 Å². The average molecular weight is 263 g/mol. The second kappa shape index (κ2) is 4.63. The number of aliphatic hydroxyl groups is 1. The van der Waals surface area contributed by atoms with Crippen LogP contribution in [0.3, 0.4) is 0 Å². The molecule has 3 rings (SSSR count). The van der Waals surface area contributed by atoms with Gasteiger partial charge in [-0.2, -0.15) is 5.10 Å². The molecule has 0 radical (unpaired) electrons. The molecule has 1 saturated heterocycles. The molecule has 1 aromatic heterocycles. The molecule has 1 amide bonds. The average Bonchev–Trinajstić information content (AvgIpc) is 2.93. The lowest BCUT2D eigenvalue weighted by Crippen LogP contribution is -2.53. The van der Waals surface area contributed by atoms with Crippen LogP contribution in [0, 0.1) is 5.41 Å². The molecule has 0 aromatic carbocycles. The first-order valence-electron chi connectivity index (χ1n) is 7.15. The van der Waals surface area contributed by atoms with Gasteiger partial charge in [-0.15, -0.1) is 0 Å². The number of hydrogen-bond acceptors (Lipinski definition) is 3. The van der Waals surface area contributed by atoms with Gasteiger partial charge in [0, 0.05) is 25.8 Å². The summed E-state index contributed by atoms with van der Waals surface area (Å²) in [6.45, 7) is 4.21. The zero-order valence-electron chi connectivity index (χ0n) is 11.4. The van der Waals surface area contributed by atoms with E-state index in [2.05, 4.69) is 5.10 Å². The van der Waals surface area contributed by atoms with Gasteiger partial charge in [0.15, 0.2) is 0 Å². The first kappa shape index (κ1) is 12.7. The Morgan fingerprint density at radius 1 is 1.47 bits per heavy atom. The third-order valence-electron chi connectivity index (χ3n) is 4.90. The number of carbonyl (C=O) groups excluding carboxylic acids is 1. The monoisotopic (exact) mass is 263 g/mol. The summed E-state index contributed by atoms with van der Waals surface area (Å²) < 4.78 is 1.74. The maximum atomic E-state index is 12.4. The maximum Gasteiger partial charge on any atom is 0.272 e. The van der Waals surface area contributed by atoms with Gasteiger partial charge in [0.05, 0.1) is 6.10 Å². The van der Waals surface area contributed by atoms with Crippen LogP contribution in [0.25, 0.3) is 0 Å². The number of amides is 1. The largest absolute Gasteiger partial charge is 0.393 e. The SMILES string of the molecule is CCn1nccc1C(=O)N1CCC2(CCC2O)CC1. The molecule has 5 heteroatoms. The molecule has 1 N–H and O–H groups in total. The molecule has 1 aliphatic carbocycles. The van der Waals surface area contributed by atoms with Gasteiger partial charge in [0.25, 0.3) is 5.91 Å². The molecule has 5 nitrogen and oxygen atoms in total. The summed E-state index contributed by atoms with van der Waals surface area (Å²) >= 11 is 0. The molecule has 1 aliphatic heterocycles. The van der Waals surface area contributed by atoms with E-state index in [-0.39, 0.29) is 17.4 Å². The molecule has 19 heavy (non-hydrogen) atoms. The minimum absolute atomic E-state index is 0.0722. The van der Waals surface area contributed by atoms with Gasteiger partial charge in [-0.05, 0) is 44.1 Å². The molecule has 2 heterocycles. The number of aromatic nitrogens is 2. The van der Waals surface area contributed by atoms with Crippen LogP contribution in [0.1, 0.15) is 43.1 Å². The Morgan fingerprint density at radius 3 is 2.74 bits per heavy atom. The highest BCUT2D eigenvalue weighted by atomic mass is 16.3. The van der Waals surface area contributed by atoms with Crippen molar-refractivity contribution in [3.63, 3.8) is 0 Å². The van der Waals surface area contributed by atoms with Crippen molar-refractivity contribution in [3.05, 3.63) is 18.0 Å². The predicted molar refractivity (Wildman–Crippen MR) is 70.7 cm³/mol. The molecule has 1 aromatic rings. The zero-order valence-corrected chi connectivity index (χ0v) is 11.4. The summed E-state index contributed by atoms with van der Waals surface area (Å²) in [6.07, 6.45) is 5.43. The Kier molecular flexibility index (Phi) is 3.09. The molecular formula is C14H21N3O2. The van der Waals surface area contributed by atoms with E-state index in [1.807, 2.05) is 11.8 Å². The van der Waals surface area contributed by atoms with Crippen molar-refractivity contribution in [2.75, 3.05) is 13.1 Å². The predicted octanol–water partition coefficient (Wildman–Crippen LogP) is 1.28. The van der Waals surface area contributed by atoms with E-state index in [0.29, 0.717) is 12.2 Å². The van der Waals surface area contributed by atoms with Crippen molar-refractivity contribution in [2.45, 2.75) is 45.3 Å². The molecular weight excluding hydrogens is 242 g/mol. The summed E-state index contributed by atoms with van der Waals surface area (Å²) in [6, 6.07) is 1.79. The van der Waals surface area contributed by atoms with E-state index in [4.69, 9.17) is 0 Å². The van der Waals surface area contributed by atoms with Crippen molar-refractivity contribution in [2.24, 2.45) is 5.41 Å². The van der Waals surface area contributed by atoms with Crippen LogP contribution in [-0.2, 0) is 6.54 Å². The molecule has 1 spiro atoms. The van der Waals surface area contributed by atoms with E-state index in [1.165, 1.54) is 0 Å². The van der Waals surface area contributed by atoms with Crippen LogP contribution in [0.4, 0.5) is 0 Å². The number of hydrogen-bond donors (Lipinski definition) is 1. The highest BCUT2D eigenvalue weighted by Crippen LogP contribution is 2.49. The fourth-order valence-corrected chi connectivity index (χ4v) is 3.35. The highest BCUT2D eigenvalue weighted by Gasteiger charge is 2.47. The lowest BCUT2D eigenvalue weighted by molar-refractivity contribution is -0.0953. The van der Waals surface area contributed by atoms with Crippen LogP contribution >= 0.6 is 0 Å². The van der Waals surface area contributed by atoms with Crippen molar-refractivity contribution >= 4 is 5.91 Å². The second-order valence-electron chi connectivity index (χ2n) is 5.74. The van der Waals surface area contributed by atoms with Gasteiger partial charge in [-0.25, -0.2) is 0 Å². The van der Waals surface area contributed by atoms with Crippen LogP contribution in [0.2, 0.25) is 0 Å². The van der Waals surface area contributed by atoms with Crippen molar-refractivity contribution in [3.8, 4) is 0 Å². The molecule has 2 fully saturated rings. The van der Waals surface area contributed by atoms with Gasteiger partial charge in [0.1, 0.15) is 5.69 Å². The van der Waals surface area contributed by atoms with Gasteiger partial charge in [-0.1, -0.05) is 0 Å². The zero-order chi connectivity index (χ0) is 13.5. The molecule has 0 bridgehead atoms. The van der Waals surface area contributed by atoms with E-state index >= 15 is 0 Å². The molecule has 104 valence electrons. The summed E-state index contributed by atoms with van der Waals surface area (Å²) in [4.78, 5) is 14.3. The van der Waals surface area contributed by atoms with Gasteiger partial charge < -0.3 is 10.0 Å². The lowest BCUT2D eigenvalue weighted by atomic mass is 9.61. The van der Waals surface area contributed by atoms with Crippen LogP contribution in [0.5, 0.6) is 0 Å². The van der Waals surface area contributed by atoms with Crippen molar-refractivity contribution in [1.82, 2.24) is 14.7 Å². The second-order valence-corrected chi connectivity index (χ2v) is 5.74. The number of aliphatic hydroxyl groups excluding tert-OH is 1. The van der Waals surface area contributed by atoms with Crippen LogP contribution in [-0.4, -0.2) is 44.9 Å². The standard InChI is InChI=1S/C14H21N3O2/c1-2-17-11(4-8-15-17)13(19)16-9-6-14(7-10-16)5-3-12(14)18/h4,8,12,18H,2-3,5-7,9-10H2,1H3. The first-order chi connectivity index (χ1) is 9.16. The van der Waals surface area contributed by atoms with Gasteiger partial charge >= 0.3 is 0 Å². The minimum Gasteiger partial charge on any atom is -0.393 e. The number of piperidine rings is 1. The summed E-state index contributed by atoms with van der Waals surface area (Å²) in [5.74, 6) is 0.0722. The maximum absolute atomic E-state index is 12.4. The quantitative estimate of drug-likeness (QED) is 0.874. The van der Waals surface area contributed by atoms with Gasteiger partial charge in [-0.3, -0.25) is 9.48 Å². The number of aryl methyl sites for hydroxylation is 1. The summed E-state index contributed by atoms with van der Waals surface area (Å²) in [5.41, 5.74) is 0.787. The lowest BCUT2D eigenvalue weighted by Gasteiger charge is -2.51. The number of rotatable bonds is 2. The van der Waals surface area contributed by atoms with E-state index in [0.717, 1.165) is 38.8 Å². The van der Waals surface area contributed by atoms with Crippen molar-refractivity contribution < 1.29 is 9.90 Å². The smallest absolute Gasteiger partial charge is 0.272 e. The minimum atomic E-state index is -0.147. The molecule has 1 saturated carbocycles. The Morgan fingerprint density at radius 2 is 2.21 bits per heavy atom. The van der Waals surface area contributed by atoms with E-state index in [9.17, 15) is 9.90 Å². The van der Waals surface area contributed by atoms with Crippen LogP contribution < -0.4 is 0 Å². The topological polar surface area (TPSA) is 58.4 Å². The summed E-state index contributed by atoms with van der Waals surface area (Å²) in [7, 11) is 0. The first-order valence-corrected chi connectivity index (χ1v) is 7.15. The van der Waals surface area contributed by atoms with Crippen molar-refractivity contribution in [1.29, 1.82) is 0 Å². The Hall–Kier alpha value is -1.36. The third-order valence-corrected chi connectivity index (χ3v) is 4.90. The molecule has 1 atom stereocenters. The fraction of sp³-hybridized carbons (Fsp3) is 0.714. The highest BCUT2D eigenvalue weighted by molar-refractivity contribution is 5.92. The molecule has 2 aliphatic rings. The van der Waals surface area contributed by atoms with E-state index in [1.54, 1.807) is 16.9 Å². The van der Waals surface area contributed by atoms with E-state index < -0.39 is 0 Å². The molecule has 1 unspecified atom stereocenters. The Bertz CT molecular complexity index is 475. The number of likely N-dealkylation sites (tertiary alicyclic amines) is 1. The normalized spacial score (nSPS) is 25.4. The summed E-state index contributed by atoms with van der Waals surface area (Å²) in [5, 5.41) is 14.0. The number of nitrogens with zero attached hydrogens (tertiary/aromatic N) is 3. The third kappa shape index (κ3) is 1.96. The fourth-order valence-electron chi connectivity index (χ4n) is 3.35.